The Kier molecular flexibility index (Phi) is 5.45. The van der Waals surface area contributed by atoms with Gasteiger partial charge in [-0.05, 0) is 13.3 Å². The molecule has 8 heteroatoms. The van der Waals surface area contributed by atoms with Crippen LogP contribution in [0.5, 0.6) is 0 Å². The highest BCUT2D eigenvalue weighted by Crippen LogP contribution is 2.31. The van der Waals surface area contributed by atoms with Gasteiger partial charge in [-0.3, -0.25) is 19.5 Å². The van der Waals surface area contributed by atoms with Crippen LogP contribution in [0.25, 0.3) is 11.0 Å². The summed E-state index contributed by atoms with van der Waals surface area (Å²) in [6, 6.07) is 10.5. The van der Waals surface area contributed by atoms with E-state index in [1.165, 1.54) is 0 Å². The molecule has 0 saturated heterocycles. The van der Waals surface area contributed by atoms with Gasteiger partial charge in [0.2, 0.25) is 5.95 Å². The zero-order valence-corrected chi connectivity index (χ0v) is 18.0. The predicted molar refractivity (Wildman–Crippen MR) is 120 cm³/mol. The Labute approximate surface area is 174 Å². The van der Waals surface area contributed by atoms with Crippen molar-refractivity contribution in [1.82, 2.24) is 19.7 Å². The average molecular weight is 411 g/mol. The summed E-state index contributed by atoms with van der Waals surface area (Å²) in [5.41, 5.74) is 3.12. The third kappa shape index (κ3) is 3.81. The smallest absolute Gasteiger partial charge is 0.278 e. The van der Waals surface area contributed by atoms with Crippen LogP contribution in [0.3, 0.4) is 0 Å². The Morgan fingerprint density at radius 2 is 2.03 bits per heavy atom. The van der Waals surface area contributed by atoms with E-state index in [-0.39, 0.29) is 11.6 Å². The molecule has 1 N–H and O–H groups in total. The second-order valence-electron chi connectivity index (χ2n) is 7.48. The number of aryl methyl sites for hydroxylation is 2. The lowest BCUT2D eigenvalue weighted by Gasteiger charge is -2.23. The van der Waals surface area contributed by atoms with Gasteiger partial charge in [0.05, 0.1) is 22.0 Å². The molecule has 0 saturated carbocycles. The average Bonchev–Trinajstić information content (AvgIpc) is 3.23. The van der Waals surface area contributed by atoms with E-state index in [1.54, 1.807) is 23.5 Å². The van der Waals surface area contributed by atoms with Crippen LogP contribution < -0.4 is 10.5 Å². The number of aromatic amines is 1. The van der Waals surface area contributed by atoms with E-state index in [9.17, 15) is 4.79 Å². The standard InChI is InChI=1S/C21H26N6OS/c1-5-9-15-17-18(27(4)25-15)19(28)24-21(23-17)26(3)12-16-13(2)22-20(29-16)14-10-7-6-8-11-14/h6-8,10-11,13,16H,5,9,12H2,1-4H3,(H,23,24,28). The SMILES string of the molecule is CCCc1nn(C)c2c(=O)[nH]c(N(C)CC3SC(c4ccccc4)=NC3C)nc12. The molecule has 0 aliphatic carbocycles. The fourth-order valence-electron chi connectivity index (χ4n) is 3.63. The number of anilines is 1. The molecule has 29 heavy (non-hydrogen) atoms. The van der Waals surface area contributed by atoms with Gasteiger partial charge in [0.25, 0.3) is 5.56 Å². The number of H-pyrrole nitrogens is 1. The molecule has 1 aromatic carbocycles. The molecule has 2 unspecified atom stereocenters. The molecule has 2 atom stereocenters. The van der Waals surface area contributed by atoms with Crippen molar-refractivity contribution in [2.24, 2.45) is 12.0 Å². The number of benzene rings is 1. The largest absolute Gasteiger partial charge is 0.344 e. The number of nitrogens with zero attached hydrogens (tertiary/aromatic N) is 5. The molecule has 2 aromatic heterocycles. The number of hydrogen-bond donors (Lipinski definition) is 1. The number of aromatic nitrogens is 4. The molecule has 0 bridgehead atoms. The molecule has 0 amide bonds. The summed E-state index contributed by atoms with van der Waals surface area (Å²) in [6.07, 6.45) is 1.77. The van der Waals surface area contributed by atoms with Gasteiger partial charge in [0, 0.05) is 26.2 Å². The van der Waals surface area contributed by atoms with E-state index in [0.717, 1.165) is 35.7 Å². The number of thioether (sulfide) groups is 1. The number of nitrogens with one attached hydrogen (secondary N) is 1. The zero-order chi connectivity index (χ0) is 20.5. The second kappa shape index (κ2) is 8.02. The summed E-state index contributed by atoms with van der Waals surface area (Å²) in [5, 5.41) is 5.86. The van der Waals surface area contributed by atoms with Crippen LogP contribution in [-0.4, -0.2) is 49.7 Å². The first-order valence-electron chi connectivity index (χ1n) is 9.94. The fourth-order valence-corrected chi connectivity index (χ4v) is 4.97. The number of hydrogen-bond acceptors (Lipinski definition) is 6. The van der Waals surface area contributed by atoms with Crippen molar-refractivity contribution >= 4 is 33.8 Å². The van der Waals surface area contributed by atoms with Gasteiger partial charge in [-0.2, -0.15) is 5.10 Å². The summed E-state index contributed by atoms with van der Waals surface area (Å²) in [7, 11) is 3.76. The van der Waals surface area contributed by atoms with Gasteiger partial charge < -0.3 is 4.90 Å². The lowest BCUT2D eigenvalue weighted by Crippen LogP contribution is -2.33. The summed E-state index contributed by atoms with van der Waals surface area (Å²) in [6.45, 7) is 4.98. The molecule has 0 radical (unpaired) electrons. The molecule has 0 spiro atoms. The van der Waals surface area contributed by atoms with Crippen LogP contribution in [0, 0.1) is 0 Å². The van der Waals surface area contributed by atoms with E-state index in [2.05, 4.69) is 36.1 Å². The van der Waals surface area contributed by atoms with Gasteiger partial charge in [0.15, 0.2) is 5.52 Å². The van der Waals surface area contributed by atoms with E-state index in [1.807, 2.05) is 30.1 Å². The molecular formula is C21H26N6OS. The van der Waals surface area contributed by atoms with Crippen LogP contribution >= 0.6 is 11.8 Å². The molecule has 4 rings (SSSR count). The predicted octanol–water partition coefficient (Wildman–Crippen LogP) is 3.00. The van der Waals surface area contributed by atoms with Crippen LogP contribution in [0.4, 0.5) is 5.95 Å². The van der Waals surface area contributed by atoms with Gasteiger partial charge in [0.1, 0.15) is 5.52 Å². The Morgan fingerprint density at radius 1 is 1.28 bits per heavy atom. The minimum Gasteiger partial charge on any atom is -0.344 e. The molecule has 1 aliphatic rings. The van der Waals surface area contributed by atoms with Crippen LogP contribution in [-0.2, 0) is 13.5 Å². The van der Waals surface area contributed by atoms with Crippen LogP contribution in [0.2, 0.25) is 0 Å². The fraction of sp³-hybridized carbons (Fsp3) is 0.429. The normalized spacial score (nSPS) is 19.0. The molecule has 0 fully saturated rings. The van der Waals surface area contributed by atoms with Gasteiger partial charge in [-0.15, -0.1) is 0 Å². The van der Waals surface area contributed by atoms with E-state index < -0.39 is 0 Å². The monoisotopic (exact) mass is 410 g/mol. The first kappa shape index (κ1) is 19.7. The van der Waals surface area contributed by atoms with Crippen molar-refractivity contribution < 1.29 is 0 Å². The Bertz CT molecular complexity index is 1100. The van der Waals surface area contributed by atoms with Crippen molar-refractivity contribution in [1.29, 1.82) is 0 Å². The molecule has 3 heterocycles. The van der Waals surface area contributed by atoms with Crippen molar-refractivity contribution in [3.05, 3.63) is 51.9 Å². The molecule has 3 aromatic rings. The zero-order valence-electron chi connectivity index (χ0n) is 17.2. The Balaban J connectivity index is 1.56. The lowest BCUT2D eigenvalue weighted by atomic mass is 10.2. The number of rotatable bonds is 6. The van der Waals surface area contributed by atoms with E-state index in [0.29, 0.717) is 22.2 Å². The van der Waals surface area contributed by atoms with Crippen molar-refractivity contribution in [2.75, 3.05) is 18.5 Å². The van der Waals surface area contributed by atoms with Crippen LogP contribution in [0.15, 0.2) is 40.1 Å². The third-order valence-corrected chi connectivity index (χ3v) is 6.61. The lowest BCUT2D eigenvalue weighted by molar-refractivity contribution is 0.683. The van der Waals surface area contributed by atoms with E-state index >= 15 is 0 Å². The topological polar surface area (TPSA) is 79.2 Å². The Hall–Kier alpha value is -2.61. The van der Waals surface area contributed by atoms with Crippen molar-refractivity contribution in [3.63, 3.8) is 0 Å². The summed E-state index contributed by atoms with van der Waals surface area (Å²) in [5.74, 6) is 0.578. The van der Waals surface area contributed by atoms with E-state index in [4.69, 9.17) is 9.98 Å². The summed E-state index contributed by atoms with van der Waals surface area (Å²) in [4.78, 5) is 27.2. The first-order valence-corrected chi connectivity index (χ1v) is 10.8. The highest BCUT2D eigenvalue weighted by atomic mass is 32.2. The maximum Gasteiger partial charge on any atom is 0.278 e. The minimum absolute atomic E-state index is 0.150. The third-order valence-electron chi connectivity index (χ3n) is 5.19. The molecule has 7 nitrogen and oxygen atoms in total. The molecule has 1 aliphatic heterocycles. The summed E-state index contributed by atoms with van der Waals surface area (Å²) < 4.78 is 1.63. The minimum atomic E-state index is -0.150. The number of aliphatic imine (C=N–C) groups is 1. The van der Waals surface area contributed by atoms with Crippen LogP contribution in [0.1, 0.15) is 31.5 Å². The Morgan fingerprint density at radius 3 is 2.76 bits per heavy atom. The molecule has 152 valence electrons. The van der Waals surface area contributed by atoms with Gasteiger partial charge in [-0.25, -0.2) is 4.98 Å². The highest BCUT2D eigenvalue weighted by molar-refractivity contribution is 8.15. The number of fused-ring (bicyclic) bond motifs is 1. The maximum absolute atomic E-state index is 12.7. The second-order valence-corrected chi connectivity index (χ2v) is 8.71. The summed E-state index contributed by atoms with van der Waals surface area (Å²) >= 11 is 1.79. The highest BCUT2D eigenvalue weighted by Gasteiger charge is 2.29. The maximum atomic E-state index is 12.7. The quantitative estimate of drug-likeness (QED) is 0.676. The molecular weight excluding hydrogens is 384 g/mol. The van der Waals surface area contributed by atoms with Crippen molar-refractivity contribution in [2.45, 2.75) is 38.0 Å². The van der Waals surface area contributed by atoms with Crippen molar-refractivity contribution in [3.8, 4) is 0 Å². The van der Waals surface area contributed by atoms with Gasteiger partial charge in [-0.1, -0.05) is 55.4 Å². The van der Waals surface area contributed by atoms with Gasteiger partial charge >= 0.3 is 0 Å². The first-order chi connectivity index (χ1) is 14.0.